The van der Waals surface area contributed by atoms with E-state index in [0.29, 0.717) is 24.5 Å². The van der Waals surface area contributed by atoms with Crippen LogP contribution in [0.25, 0.3) is 0 Å². The lowest BCUT2D eigenvalue weighted by Gasteiger charge is -2.19. The lowest BCUT2D eigenvalue weighted by molar-refractivity contribution is -0.115. The maximum absolute atomic E-state index is 12.7. The van der Waals surface area contributed by atoms with Crippen LogP contribution in [0.5, 0.6) is 5.75 Å². The largest absolute Gasteiger partial charge is 0.495 e. The number of rotatable bonds is 8. The minimum absolute atomic E-state index is 0.117. The standard InChI is InChI=1S/C19H23BrN2O4S/c1-4-22(5-2)27(24,25)16-10-11-18(26-3)17(13-16)21-19(23)12-14-6-8-15(20)9-7-14/h6-11,13H,4-5,12H2,1-3H3,(H,21,23). The molecule has 1 amide bonds. The van der Waals surface area contributed by atoms with Crippen LogP contribution < -0.4 is 10.1 Å². The molecule has 1 N–H and O–H groups in total. The third-order valence-electron chi connectivity index (χ3n) is 4.07. The van der Waals surface area contributed by atoms with Crippen LogP contribution in [0.2, 0.25) is 0 Å². The summed E-state index contributed by atoms with van der Waals surface area (Å²) in [6.07, 6.45) is 0.170. The van der Waals surface area contributed by atoms with Gasteiger partial charge >= 0.3 is 0 Å². The summed E-state index contributed by atoms with van der Waals surface area (Å²) in [5.41, 5.74) is 1.18. The van der Waals surface area contributed by atoms with Crippen LogP contribution in [0.3, 0.4) is 0 Å². The monoisotopic (exact) mass is 454 g/mol. The van der Waals surface area contributed by atoms with E-state index in [4.69, 9.17) is 4.74 Å². The molecule has 0 fully saturated rings. The van der Waals surface area contributed by atoms with Crippen molar-refractivity contribution in [2.45, 2.75) is 25.2 Å². The highest BCUT2D eigenvalue weighted by Crippen LogP contribution is 2.29. The average molecular weight is 455 g/mol. The van der Waals surface area contributed by atoms with Gasteiger partial charge in [-0.1, -0.05) is 41.9 Å². The molecule has 0 saturated carbocycles. The molecule has 0 saturated heterocycles. The number of ether oxygens (including phenoxy) is 1. The Labute approximate surface area is 168 Å². The van der Waals surface area contributed by atoms with E-state index in [1.54, 1.807) is 19.9 Å². The first-order chi connectivity index (χ1) is 12.8. The fourth-order valence-electron chi connectivity index (χ4n) is 2.64. The topological polar surface area (TPSA) is 75.7 Å². The lowest BCUT2D eigenvalue weighted by atomic mass is 10.1. The van der Waals surface area contributed by atoms with Crippen molar-refractivity contribution in [1.82, 2.24) is 4.31 Å². The van der Waals surface area contributed by atoms with Gasteiger partial charge in [-0.05, 0) is 35.9 Å². The van der Waals surface area contributed by atoms with Gasteiger partial charge in [0.05, 0.1) is 24.1 Å². The zero-order valence-corrected chi connectivity index (χ0v) is 17.9. The Morgan fingerprint density at radius 3 is 2.30 bits per heavy atom. The quantitative estimate of drug-likeness (QED) is 0.659. The van der Waals surface area contributed by atoms with E-state index < -0.39 is 10.0 Å². The number of hydrogen-bond donors (Lipinski definition) is 1. The molecule has 0 aromatic heterocycles. The van der Waals surface area contributed by atoms with Crippen LogP contribution >= 0.6 is 15.9 Å². The van der Waals surface area contributed by atoms with Gasteiger partial charge in [0.2, 0.25) is 15.9 Å². The highest BCUT2D eigenvalue weighted by molar-refractivity contribution is 9.10. The molecule has 8 heteroatoms. The predicted octanol–water partition coefficient (Wildman–Crippen LogP) is 3.67. The van der Waals surface area contributed by atoms with Crippen molar-refractivity contribution in [3.8, 4) is 5.75 Å². The molecule has 0 aliphatic heterocycles. The summed E-state index contributed by atoms with van der Waals surface area (Å²) < 4.78 is 33.0. The third-order valence-corrected chi connectivity index (χ3v) is 6.64. The van der Waals surface area contributed by atoms with Gasteiger partial charge < -0.3 is 10.1 Å². The van der Waals surface area contributed by atoms with Crippen molar-refractivity contribution in [3.63, 3.8) is 0 Å². The number of methoxy groups -OCH3 is 1. The average Bonchev–Trinajstić information content (AvgIpc) is 2.64. The van der Waals surface area contributed by atoms with Crippen molar-refractivity contribution >= 4 is 37.5 Å². The molecule has 0 aliphatic carbocycles. The van der Waals surface area contributed by atoms with Crippen LogP contribution in [0.4, 0.5) is 5.69 Å². The van der Waals surface area contributed by atoms with E-state index >= 15 is 0 Å². The van der Waals surface area contributed by atoms with Gasteiger partial charge in [-0.3, -0.25) is 4.79 Å². The molecule has 0 heterocycles. The molecule has 0 bridgehead atoms. The van der Waals surface area contributed by atoms with Crippen LogP contribution in [-0.4, -0.2) is 38.8 Å². The summed E-state index contributed by atoms with van der Waals surface area (Å²) in [5, 5.41) is 2.75. The molecular weight excluding hydrogens is 432 g/mol. The van der Waals surface area contributed by atoms with Gasteiger partial charge in [-0.25, -0.2) is 8.42 Å². The van der Waals surface area contributed by atoms with Gasteiger partial charge in [0, 0.05) is 17.6 Å². The first-order valence-corrected chi connectivity index (χ1v) is 10.8. The SMILES string of the molecule is CCN(CC)S(=O)(=O)c1ccc(OC)c(NC(=O)Cc2ccc(Br)cc2)c1. The van der Waals surface area contributed by atoms with Gasteiger partial charge in [-0.2, -0.15) is 4.31 Å². The minimum Gasteiger partial charge on any atom is -0.495 e. The lowest BCUT2D eigenvalue weighted by Crippen LogP contribution is -2.30. The fraction of sp³-hybridized carbons (Fsp3) is 0.316. The van der Waals surface area contributed by atoms with Crippen molar-refractivity contribution in [2.24, 2.45) is 0 Å². The Morgan fingerprint density at radius 1 is 1.11 bits per heavy atom. The zero-order chi connectivity index (χ0) is 20.0. The predicted molar refractivity (Wildman–Crippen MR) is 110 cm³/mol. The summed E-state index contributed by atoms with van der Waals surface area (Å²) in [4.78, 5) is 12.5. The number of nitrogens with one attached hydrogen (secondary N) is 1. The second-order valence-electron chi connectivity index (χ2n) is 5.80. The van der Waals surface area contributed by atoms with Crippen molar-refractivity contribution in [2.75, 3.05) is 25.5 Å². The van der Waals surface area contributed by atoms with Crippen LogP contribution in [-0.2, 0) is 21.2 Å². The molecule has 146 valence electrons. The first kappa shape index (κ1) is 21.4. The van der Waals surface area contributed by atoms with Crippen molar-refractivity contribution in [1.29, 1.82) is 0 Å². The number of anilines is 1. The maximum Gasteiger partial charge on any atom is 0.243 e. The van der Waals surface area contributed by atoms with Crippen molar-refractivity contribution in [3.05, 3.63) is 52.5 Å². The molecule has 0 aliphatic rings. The second kappa shape index (κ2) is 9.34. The highest BCUT2D eigenvalue weighted by Gasteiger charge is 2.23. The molecule has 27 heavy (non-hydrogen) atoms. The smallest absolute Gasteiger partial charge is 0.243 e. The van der Waals surface area contributed by atoms with Gasteiger partial charge in [0.25, 0.3) is 0 Å². The first-order valence-electron chi connectivity index (χ1n) is 8.54. The summed E-state index contributed by atoms with van der Waals surface area (Å²) in [7, 11) is -2.16. The number of nitrogens with zero attached hydrogens (tertiary/aromatic N) is 1. The molecule has 0 radical (unpaired) electrons. The summed E-state index contributed by atoms with van der Waals surface area (Å²) in [6, 6.07) is 11.9. The third kappa shape index (κ3) is 5.31. The molecule has 2 rings (SSSR count). The molecule has 2 aromatic carbocycles. The van der Waals surface area contributed by atoms with Crippen LogP contribution in [0.1, 0.15) is 19.4 Å². The van der Waals surface area contributed by atoms with E-state index in [-0.39, 0.29) is 17.2 Å². The number of amides is 1. The van der Waals surface area contributed by atoms with Gasteiger partial charge in [0.1, 0.15) is 5.75 Å². The number of carbonyl (C=O) groups excluding carboxylic acids is 1. The highest BCUT2D eigenvalue weighted by atomic mass is 79.9. The maximum atomic E-state index is 12.7. The molecular formula is C19H23BrN2O4S. The Bertz CT molecular complexity index is 894. The minimum atomic E-state index is -3.63. The van der Waals surface area contributed by atoms with E-state index in [1.165, 1.54) is 23.5 Å². The molecule has 2 aromatic rings. The van der Waals surface area contributed by atoms with Gasteiger partial charge in [-0.15, -0.1) is 0 Å². The van der Waals surface area contributed by atoms with Crippen LogP contribution in [0, 0.1) is 0 Å². The molecule has 0 spiro atoms. The number of carbonyl (C=O) groups is 1. The summed E-state index contributed by atoms with van der Waals surface area (Å²) >= 11 is 3.36. The zero-order valence-electron chi connectivity index (χ0n) is 15.5. The Balaban J connectivity index is 2.27. The second-order valence-corrected chi connectivity index (χ2v) is 8.66. The van der Waals surface area contributed by atoms with E-state index in [2.05, 4.69) is 21.2 Å². The Morgan fingerprint density at radius 2 is 1.74 bits per heavy atom. The number of benzene rings is 2. The van der Waals surface area contributed by atoms with Gasteiger partial charge in [0.15, 0.2) is 0 Å². The van der Waals surface area contributed by atoms with Crippen LogP contribution in [0.15, 0.2) is 51.8 Å². The number of halogens is 1. The Hall–Kier alpha value is -1.90. The Kier molecular flexibility index (Phi) is 7.41. The molecule has 0 atom stereocenters. The molecule has 0 unspecified atom stereocenters. The number of sulfonamides is 1. The number of hydrogen-bond acceptors (Lipinski definition) is 4. The van der Waals surface area contributed by atoms with E-state index in [1.807, 2.05) is 24.3 Å². The molecule has 6 nitrogen and oxygen atoms in total. The van der Waals surface area contributed by atoms with Crippen molar-refractivity contribution < 1.29 is 17.9 Å². The fourth-order valence-corrected chi connectivity index (χ4v) is 4.39. The van der Waals surface area contributed by atoms with E-state index in [0.717, 1.165) is 10.0 Å². The summed E-state index contributed by atoms with van der Waals surface area (Å²) in [5.74, 6) is 0.144. The normalized spacial score (nSPS) is 11.4. The summed E-state index contributed by atoms with van der Waals surface area (Å²) in [6.45, 7) is 4.31. The van der Waals surface area contributed by atoms with E-state index in [9.17, 15) is 13.2 Å².